The number of likely N-dealkylation sites (tertiary alicyclic amines) is 1. The van der Waals surface area contributed by atoms with Gasteiger partial charge >= 0.3 is 0 Å². The van der Waals surface area contributed by atoms with Gasteiger partial charge in [-0.2, -0.15) is 0 Å². The highest BCUT2D eigenvalue weighted by Crippen LogP contribution is 2.24. The van der Waals surface area contributed by atoms with Crippen LogP contribution in [0.4, 0.5) is 4.39 Å². The molecule has 1 saturated heterocycles. The summed E-state index contributed by atoms with van der Waals surface area (Å²) in [4.78, 5) is 22.1. The fourth-order valence-corrected chi connectivity index (χ4v) is 3.01. The molecule has 0 aromatic rings. The van der Waals surface area contributed by atoms with Crippen molar-refractivity contribution in [3.05, 3.63) is 36.3 Å². The van der Waals surface area contributed by atoms with Gasteiger partial charge in [0.15, 0.2) is 0 Å². The summed E-state index contributed by atoms with van der Waals surface area (Å²) in [6.07, 6.45) is 6.61. The van der Waals surface area contributed by atoms with Gasteiger partial charge in [-0.05, 0) is 19.1 Å². The third-order valence-corrected chi connectivity index (χ3v) is 4.25. The van der Waals surface area contributed by atoms with Crippen molar-refractivity contribution < 1.29 is 9.18 Å². The smallest absolute Gasteiger partial charge is 0.246 e. The molecule has 1 amide bonds. The predicted molar refractivity (Wildman–Crippen MR) is 84.5 cm³/mol. The van der Waals surface area contributed by atoms with E-state index in [0.29, 0.717) is 25.2 Å². The number of amides is 1. The number of nitrogens with zero attached hydrogens (tertiary/aromatic N) is 3. The summed E-state index contributed by atoms with van der Waals surface area (Å²) in [5.41, 5.74) is 1.85. The van der Waals surface area contributed by atoms with Gasteiger partial charge in [-0.3, -0.25) is 9.79 Å². The number of hydrogen-bond acceptors (Lipinski definition) is 4. The van der Waals surface area contributed by atoms with Crippen molar-refractivity contribution in [3.63, 3.8) is 0 Å². The summed E-state index contributed by atoms with van der Waals surface area (Å²) < 4.78 is 14.4. The van der Waals surface area contributed by atoms with Crippen molar-refractivity contribution >= 4 is 17.8 Å². The Morgan fingerprint density at radius 2 is 2.41 bits per heavy atom. The first-order valence-electron chi connectivity index (χ1n) is 7.44. The average molecular weight is 302 g/mol. The number of alkyl halides is 1. The second-order valence-corrected chi connectivity index (χ2v) is 5.72. The van der Waals surface area contributed by atoms with Gasteiger partial charge in [0.05, 0.1) is 11.8 Å². The summed E-state index contributed by atoms with van der Waals surface area (Å²) in [5.74, 6) is 0.464. The quantitative estimate of drug-likeness (QED) is 0.807. The zero-order chi connectivity index (χ0) is 15.7. The van der Waals surface area contributed by atoms with Gasteiger partial charge < -0.3 is 10.2 Å². The zero-order valence-corrected chi connectivity index (χ0v) is 12.5. The first-order valence-corrected chi connectivity index (χ1v) is 7.44. The SMILES string of the molecule is C=CC(=O)N1C[C@@H](NC2=C3C=CN=C3CC=N2)[C@H](F)C[C@H]1C. The summed E-state index contributed by atoms with van der Waals surface area (Å²) in [7, 11) is 0. The molecule has 0 radical (unpaired) electrons. The van der Waals surface area contributed by atoms with Gasteiger partial charge in [0.1, 0.15) is 12.0 Å². The molecule has 3 atom stereocenters. The number of piperidine rings is 1. The van der Waals surface area contributed by atoms with Crippen LogP contribution in [-0.2, 0) is 4.79 Å². The maximum absolute atomic E-state index is 14.4. The first-order chi connectivity index (χ1) is 10.6. The molecule has 0 unspecified atom stereocenters. The normalized spacial score (nSPS) is 30.2. The van der Waals surface area contributed by atoms with E-state index in [1.165, 1.54) is 6.08 Å². The van der Waals surface area contributed by atoms with E-state index in [2.05, 4.69) is 21.9 Å². The Bertz CT molecular complexity index is 620. The third kappa shape index (κ3) is 2.61. The fraction of sp³-hybridized carbons (Fsp3) is 0.438. The number of hydrogen-bond donors (Lipinski definition) is 1. The second-order valence-electron chi connectivity index (χ2n) is 5.72. The molecule has 22 heavy (non-hydrogen) atoms. The minimum Gasteiger partial charge on any atom is -0.362 e. The second kappa shape index (κ2) is 5.87. The van der Waals surface area contributed by atoms with E-state index in [4.69, 9.17) is 0 Å². The number of carbonyl (C=O) groups excluding carboxylic acids is 1. The number of aliphatic imine (C=N–C) groups is 2. The van der Waals surface area contributed by atoms with Crippen LogP contribution < -0.4 is 5.32 Å². The Morgan fingerprint density at radius 3 is 3.18 bits per heavy atom. The predicted octanol–water partition coefficient (Wildman–Crippen LogP) is 1.74. The molecule has 0 spiro atoms. The lowest BCUT2D eigenvalue weighted by Gasteiger charge is -2.40. The van der Waals surface area contributed by atoms with E-state index in [-0.39, 0.29) is 11.9 Å². The molecule has 0 aromatic heterocycles. The van der Waals surface area contributed by atoms with Crippen LogP contribution in [0.25, 0.3) is 0 Å². The van der Waals surface area contributed by atoms with Crippen LogP contribution in [0.15, 0.2) is 46.3 Å². The highest BCUT2D eigenvalue weighted by molar-refractivity contribution is 6.12. The number of nitrogens with one attached hydrogen (secondary N) is 1. The molecule has 6 heteroatoms. The van der Waals surface area contributed by atoms with Crippen LogP contribution in [-0.4, -0.2) is 47.5 Å². The molecule has 0 aromatic carbocycles. The van der Waals surface area contributed by atoms with Crippen molar-refractivity contribution in [2.45, 2.75) is 38.0 Å². The summed E-state index contributed by atoms with van der Waals surface area (Å²) in [6.45, 7) is 5.67. The molecule has 3 rings (SSSR count). The monoisotopic (exact) mass is 302 g/mol. The number of halogens is 1. The van der Waals surface area contributed by atoms with Gasteiger partial charge in [-0.25, -0.2) is 9.38 Å². The zero-order valence-electron chi connectivity index (χ0n) is 12.5. The molecule has 3 aliphatic rings. The van der Waals surface area contributed by atoms with Crippen molar-refractivity contribution in [2.24, 2.45) is 9.98 Å². The number of carbonyl (C=O) groups is 1. The number of allylic oxidation sites excluding steroid dienone is 2. The molecule has 3 aliphatic heterocycles. The van der Waals surface area contributed by atoms with Crippen LogP contribution in [0.2, 0.25) is 0 Å². The van der Waals surface area contributed by atoms with E-state index < -0.39 is 12.2 Å². The van der Waals surface area contributed by atoms with E-state index in [9.17, 15) is 9.18 Å². The number of rotatable bonds is 3. The first kappa shape index (κ1) is 14.7. The van der Waals surface area contributed by atoms with Crippen LogP contribution in [0.3, 0.4) is 0 Å². The molecular formula is C16H19FN4O. The van der Waals surface area contributed by atoms with Gasteiger partial charge in [0, 0.05) is 43.4 Å². The summed E-state index contributed by atoms with van der Waals surface area (Å²) >= 11 is 0. The molecule has 116 valence electrons. The van der Waals surface area contributed by atoms with Crippen LogP contribution in [0.1, 0.15) is 19.8 Å². The molecule has 5 nitrogen and oxygen atoms in total. The lowest BCUT2D eigenvalue weighted by molar-refractivity contribution is -0.130. The fourth-order valence-electron chi connectivity index (χ4n) is 3.01. The molecule has 3 heterocycles. The van der Waals surface area contributed by atoms with Gasteiger partial charge in [-0.1, -0.05) is 6.58 Å². The molecule has 1 fully saturated rings. The molecular weight excluding hydrogens is 283 g/mol. The molecule has 1 N–H and O–H groups in total. The third-order valence-electron chi connectivity index (χ3n) is 4.25. The highest BCUT2D eigenvalue weighted by Gasteiger charge is 2.36. The minimum atomic E-state index is -1.03. The van der Waals surface area contributed by atoms with E-state index in [1.54, 1.807) is 17.3 Å². The highest BCUT2D eigenvalue weighted by atomic mass is 19.1. The van der Waals surface area contributed by atoms with Crippen molar-refractivity contribution in [1.82, 2.24) is 10.2 Å². The standard InChI is InChI=1S/C16H19FN4O/c1-3-15(22)21-9-14(12(17)8-10(21)2)20-16-11-4-6-18-13(11)5-7-19-16/h3-4,6-7,10,12,14,20H,1,5,8-9H2,2H3/t10-,12-,14-/m1/s1. The molecule has 0 bridgehead atoms. The Morgan fingerprint density at radius 1 is 1.59 bits per heavy atom. The number of fused-ring (bicyclic) bond motifs is 1. The molecule has 0 saturated carbocycles. The lowest BCUT2D eigenvalue weighted by Crippen LogP contribution is -2.56. The molecule has 0 aliphatic carbocycles. The Kier molecular flexibility index (Phi) is 3.92. The van der Waals surface area contributed by atoms with E-state index in [1.807, 2.05) is 13.0 Å². The topological polar surface area (TPSA) is 57.1 Å². The maximum Gasteiger partial charge on any atom is 0.246 e. The van der Waals surface area contributed by atoms with Crippen LogP contribution >= 0.6 is 0 Å². The van der Waals surface area contributed by atoms with Crippen LogP contribution in [0.5, 0.6) is 0 Å². The van der Waals surface area contributed by atoms with Crippen molar-refractivity contribution in [3.8, 4) is 0 Å². The van der Waals surface area contributed by atoms with Gasteiger partial charge in [0.2, 0.25) is 5.91 Å². The van der Waals surface area contributed by atoms with Crippen LogP contribution in [0, 0.1) is 0 Å². The van der Waals surface area contributed by atoms with Gasteiger partial charge in [-0.15, -0.1) is 0 Å². The van der Waals surface area contributed by atoms with E-state index >= 15 is 0 Å². The van der Waals surface area contributed by atoms with Crippen molar-refractivity contribution in [1.29, 1.82) is 0 Å². The summed E-state index contributed by atoms with van der Waals surface area (Å²) in [5, 5.41) is 3.15. The maximum atomic E-state index is 14.4. The van der Waals surface area contributed by atoms with Gasteiger partial charge in [0.25, 0.3) is 0 Å². The average Bonchev–Trinajstić information content (AvgIpc) is 2.98. The summed E-state index contributed by atoms with van der Waals surface area (Å²) in [6, 6.07) is -0.609. The van der Waals surface area contributed by atoms with E-state index in [0.717, 1.165) is 11.3 Å². The Labute approximate surface area is 129 Å². The lowest BCUT2D eigenvalue weighted by atomic mass is 9.96. The largest absolute Gasteiger partial charge is 0.362 e. The Balaban J connectivity index is 1.78. The minimum absolute atomic E-state index is 0.130. The van der Waals surface area contributed by atoms with Crippen molar-refractivity contribution in [2.75, 3.05) is 6.54 Å². The Hall–Kier alpha value is -2.24.